The molecule has 0 unspecified atom stereocenters. The third kappa shape index (κ3) is 6.69. The largest absolute Gasteiger partial charge is 0.455 e. The number of esters is 1. The fourth-order valence-corrected chi connectivity index (χ4v) is 3.45. The van der Waals surface area contributed by atoms with Gasteiger partial charge in [0.05, 0.1) is 22.5 Å². The first-order valence-corrected chi connectivity index (χ1v) is 11.3. The van der Waals surface area contributed by atoms with Crippen LogP contribution in [0.15, 0.2) is 46.9 Å². The van der Waals surface area contributed by atoms with Crippen molar-refractivity contribution in [2.24, 2.45) is 5.92 Å². The van der Waals surface area contributed by atoms with Gasteiger partial charge in [-0.2, -0.15) is 0 Å². The standard InChI is InChI=1S/C21H17BrCl2N4O6/c22-14-4-1-11(2-5-14)19(31)26-25-17(29)10-34-21(33)13-8-18(30)28(9-13)27-20(32)12-3-6-15(23)16(24)7-12/h1-7,13H,8-10H2,(H,25,29)(H,26,31)(H,27,32)/t13-/m1/s1. The van der Waals surface area contributed by atoms with Gasteiger partial charge in [0, 0.05) is 22.0 Å². The number of hydrazine groups is 2. The normalized spacial score (nSPS) is 15.0. The van der Waals surface area contributed by atoms with E-state index in [1.165, 1.54) is 18.2 Å². The Kier molecular flexibility index (Phi) is 8.48. The summed E-state index contributed by atoms with van der Waals surface area (Å²) >= 11 is 15.0. The van der Waals surface area contributed by atoms with E-state index in [1.807, 2.05) is 0 Å². The third-order valence-electron chi connectivity index (χ3n) is 4.64. The number of amides is 4. The minimum atomic E-state index is -0.883. The summed E-state index contributed by atoms with van der Waals surface area (Å²) in [7, 11) is 0. The molecule has 1 atom stereocenters. The van der Waals surface area contributed by atoms with Crippen LogP contribution in [-0.4, -0.2) is 47.8 Å². The maximum Gasteiger partial charge on any atom is 0.311 e. The van der Waals surface area contributed by atoms with E-state index >= 15 is 0 Å². The minimum absolute atomic E-state index is 0.132. The Morgan fingerprint density at radius 3 is 2.32 bits per heavy atom. The van der Waals surface area contributed by atoms with Crippen molar-refractivity contribution in [2.75, 3.05) is 13.2 Å². The van der Waals surface area contributed by atoms with E-state index in [0.29, 0.717) is 5.56 Å². The number of ether oxygens (including phenoxy) is 1. The second-order valence-electron chi connectivity index (χ2n) is 7.09. The molecule has 4 amide bonds. The van der Waals surface area contributed by atoms with Gasteiger partial charge in [0.15, 0.2) is 6.61 Å². The molecular weight excluding hydrogens is 555 g/mol. The van der Waals surface area contributed by atoms with Gasteiger partial charge in [-0.05, 0) is 42.5 Å². The Hall–Kier alpha value is -3.15. The number of nitrogens with one attached hydrogen (secondary N) is 3. The van der Waals surface area contributed by atoms with E-state index in [0.717, 1.165) is 9.48 Å². The van der Waals surface area contributed by atoms with Crippen molar-refractivity contribution in [3.8, 4) is 0 Å². The summed E-state index contributed by atoms with van der Waals surface area (Å²) in [6.45, 7) is -0.799. The predicted octanol–water partition coefficient (Wildman–Crippen LogP) is 2.25. The van der Waals surface area contributed by atoms with Crippen LogP contribution >= 0.6 is 39.1 Å². The summed E-state index contributed by atoms with van der Waals surface area (Å²) in [4.78, 5) is 60.6. The molecule has 1 heterocycles. The number of halogens is 3. The smallest absolute Gasteiger partial charge is 0.311 e. The zero-order chi connectivity index (χ0) is 24.8. The van der Waals surface area contributed by atoms with Crippen molar-refractivity contribution in [1.29, 1.82) is 0 Å². The van der Waals surface area contributed by atoms with Gasteiger partial charge < -0.3 is 4.74 Å². The molecule has 10 nitrogen and oxygen atoms in total. The first-order chi connectivity index (χ1) is 16.1. The van der Waals surface area contributed by atoms with Crippen LogP contribution in [0.5, 0.6) is 0 Å². The summed E-state index contributed by atoms with van der Waals surface area (Å²) in [5.74, 6) is -4.11. The number of rotatable bonds is 6. The summed E-state index contributed by atoms with van der Waals surface area (Å²) < 4.78 is 5.71. The van der Waals surface area contributed by atoms with Crippen LogP contribution < -0.4 is 16.3 Å². The lowest BCUT2D eigenvalue weighted by atomic mass is 10.1. The molecule has 0 aliphatic carbocycles. The molecular formula is C21H17BrCl2N4O6. The number of benzene rings is 2. The maximum absolute atomic E-state index is 12.3. The highest BCUT2D eigenvalue weighted by Crippen LogP contribution is 2.23. The summed E-state index contributed by atoms with van der Waals surface area (Å²) in [5.41, 5.74) is 7.22. The van der Waals surface area contributed by atoms with Crippen molar-refractivity contribution < 1.29 is 28.7 Å². The number of carbonyl (C=O) groups is 5. The van der Waals surface area contributed by atoms with Crippen molar-refractivity contribution >= 4 is 68.7 Å². The fourth-order valence-electron chi connectivity index (χ4n) is 2.89. The minimum Gasteiger partial charge on any atom is -0.455 e. The second-order valence-corrected chi connectivity index (χ2v) is 8.82. The molecule has 2 aromatic rings. The Balaban J connectivity index is 1.43. The van der Waals surface area contributed by atoms with Crippen molar-refractivity contribution in [1.82, 2.24) is 21.3 Å². The molecule has 13 heteroatoms. The number of hydrogen-bond donors (Lipinski definition) is 3. The zero-order valence-electron chi connectivity index (χ0n) is 17.3. The monoisotopic (exact) mass is 570 g/mol. The Bertz CT molecular complexity index is 1140. The van der Waals surface area contributed by atoms with Crippen LogP contribution in [0.4, 0.5) is 0 Å². The first kappa shape index (κ1) is 25.5. The van der Waals surface area contributed by atoms with E-state index in [-0.39, 0.29) is 28.6 Å². The molecule has 178 valence electrons. The molecule has 1 aliphatic heterocycles. The summed E-state index contributed by atoms with van der Waals surface area (Å²) in [6, 6.07) is 10.7. The highest BCUT2D eigenvalue weighted by molar-refractivity contribution is 9.10. The number of hydrogen-bond acceptors (Lipinski definition) is 6. The van der Waals surface area contributed by atoms with Gasteiger partial charge in [0.2, 0.25) is 5.91 Å². The SMILES string of the molecule is O=C(COC(=O)[C@@H]1CC(=O)N(NC(=O)c2ccc(Cl)c(Cl)c2)C1)NNC(=O)c1ccc(Br)cc1. The predicted molar refractivity (Wildman–Crippen MR) is 124 cm³/mol. The lowest BCUT2D eigenvalue weighted by Gasteiger charge is -2.17. The highest BCUT2D eigenvalue weighted by Gasteiger charge is 2.36. The number of nitrogens with zero attached hydrogens (tertiary/aromatic N) is 1. The van der Waals surface area contributed by atoms with E-state index in [1.54, 1.807) is 24.3 Å². The van der Waals surface area contributed by atoms with E-state index < -0.39 is 42.1 Å². The molecule has 1 fully saturated rings. The van der Waals surface area contributed by atoms with Gasteiger partial charge in [-0.15, -0.1) is 0 Å². The summed E-state index contributed by atoms with van der Waals surface area (Å²) in [6.07, 6.45) is -0.206. The molecule has 0 aromatic heterocycles. The van der Waals surface area contributed by atoms with Crippen LogP contribution in [0, 0.1) is 5.92 Å². The Labute approximate surface area is 212 Å². The average molecular weight is 572 g/mol. The van der Waals surface area contributed by atoms with E-state index in [4.69, 9.17) is 27.9 Å². The van der Waals surface area contributed by atoms with Crippen LogP contribution in [-0.2, 0) is 19.1 Å². The van der Waals surface area contributed by atoms with Gasteiger partial charge in [-0.1, -0.05) is 39.1 Å². The number of carbonyl (C=O) groups excluding carboxylic acids is 5. The molecule has 3 rings (SSSR count). The molecule has 0 spiro atoms. The lowest BCUT2D eigenvalue weighted by Crippen LogP contribution is -2.44. The van der Waals surface area contributed by atoms with Crippen molar-refractivity contribution in [2.45, 2.75) is 6.42 Å². The fraction of sp³-hybridized carbons (Fsp3) is 0.190. The van der Waals surface area contributed by atoms with Gasteiger partial charge in [-0.25, -0.2) is 0 Å². The Morgan fingerprint density at radius 2 is 1.65 bits per heavy atom. The zero-order valence-corrected chi connectivity index (χ0v) is 20.4. The lowest BCUT2D eigenvalue weighted by molar-refractivity contribution is -0.152. The molecule has 34 heavy (non-hydrogen) atoms. The highest BCUT2D eigenvalue weighted by atomic mass is 79.9. The van der Waals surface area contributed by atoms with Crippen LogP contribution in [0.1, 0.15) is 27.1 Å². The van der Waals surface area contributed by atoms with Crippen LogP contribution in [0.3, 0.4) is 0 Å². The van der Waals surface area contributed by atoms with Gasteiger partial charge in [0.1, 0.15) is 0 Å². The molecule has 0 bridgehead atoms. The average Bonchev–Trinajstić information content (AvgIpc) is 3.18. The molecule has 2 aromatic carbocycles. The first-order valence-electron chi connectivity index (χ1n) is 9.72. The molecule has 0 saturated carbocycles. The summed E-state index contributed by atoms with van der Waals surface area (Å²) in [5, 5.41) is 1.44. The van der Waals surface area contributed by atoms with Gasteiger partial charge in [-0.3, -0.25) is 45.3 Å². The molecule has 1 saturated heterocycles. The van der Waals surface area contributed by atoms with Gasteiger partial charge >= 0.3 is 5.97 Å². The topological polar surface area (TPSA) is 134 Å². The molecule has 1 aliphatic rings. The van der Waals surface area contributed by atoms with Crippen molar-refractivity contribution in [3.63, 3.8) is 0 Å². The van der Waals surface area contributed by atoms with Crippen molar-refractivity contribution in [3.05, 3.63) is 68.1 Å². The van der Waals surface area contributed by atoms with Crippen LogP contribution in [0.25, 0.3) is 0 Å². The molecule has 3 N–H and O–H groups in total. The van der Waals surface area contributed by atoms with E-state index in [9.17, 15) is 24.0 Å². The Morgan fingerprint density at radius 1 is 0.971 bits per heavy atom. The van der Waals surface area contributed by atoms with Crippen LogP contribution in [0.2, 0.25) is 10.0 Å². The second kappa shape index (κ2) is 11.3. The maximum atomic E-state index is 12.3. The van der Waals surface area contributed by atoms with E-state index in [2.05, 4.69) is 32.2 Å². The quantitative estimate of drug-likeness (QED) is 0.360. The molecule has 0 radical (unpaired) electrons. The van der Waals surface area contributed by atoms with Gasteiger partial charge in [0.25, 0.3) is 17.7 Å². The third-order valence-corrected chi connectivity index (χ3v) is 5.91.